The highest BCUT2D eigenvalue weighted by molar-refractivity contribution is 7.12. The number of aromatic carboxylic acids is 1. The molecule has 0 fully saturated rings. The molecule has 0 saturated carbocycles. The minimum absolute atomic E-state index is 0.393. The normalized spacial score (nSPS) is 10.4. The van der Waals surface area contributed by atoms with Gasteiger partial charge in [0.05, 0.1) is 6.54 Å². The average molecular weight is 267 g/mol. The van der Waals surface area contributed by atoms with E-state index in [0.717, 1.165) is 18.8 Å². The van der Waals surface area contributed by atoms with E-state index in [-0.39, 0.29) is 0 Å². The SMILES string of the molecule is CCN(Cc1cccs1)c1csc(C(=O)O)c1. The number of nitrogens with zero attached hydrogens (tertiary/aromatic N) is 1. The monoisotopic (exact) mass is 267 g/mol. The van der Waals surface area contributed by atoms with Crippen molar-refractivity contribution in [2.75, 3.05) is 11.4 Å². The third kappa shape index (κ3) is 2.87. The molecule has 0 atom stereocenters. The summed E-state index contributed by atoms with van der Waals surface area (Å²) >= 11 is 3.00. The van der Waals surface area contributed by atoms with Gasteiger partial charge in [0.1, 0.15) is 4.88 Å². The van der Waals surface area contributed by atoms with Crippen molar-refractivity contribution in [3.63, 3.8) is 0 Å². The number of rotatable bonds is 5. The fourth-order valence-corrected chi connectivity index (χ4v) is 3.05. The van der Waals surface area contributed by atoms with Crippen LogP contribution in [0.1, 0.15) is 21.5 Å². The van der Waals surface area contributed by atoms with Gasteiger partial charge in [-0.3, -0.25) is 0 Å². The van der Waals surface area contributed by atoms with Crippen LogP contribution < -0.4 is 4.90 Å². The van der Waals surface area contributed by atoms with Crippen LogP contribution in [-0.4, -0.2) is 17.6 Å². The van der Waals surface area contributed by atoms with Crippen molar-refractivity contribution in [3.05, 3.63) is 38.7 Å². The molecule has 1 N–H and O–H groups in total. The van der Waals surface area contributed by atoms with E-state index in [1.807, 2.05) is 11.4 Å². The fourth-order valence-electron chi connectivity index (χ4n) is 1.58. The van der Waals surface area contributed by atoms with Crippen LogP contribution in [-0.2, 0) is 6.54 Å². The van der Waals surface area contributed by atoms with E-state index in [1.165, 1.54) is 16.2 Å². The second-order valence-corrected chi connectivity index (χ2v) is 5.51. The van der Waals surface area contributed by atoms with Crippen LogP contribution >= 0.6 is 22.7 Å². The second kappa shape index (κ2) is 5.33. The van der Waals surface area contributed by atoms with Crippen molar-refractivity contribution in [2.45, 2.75) is 13.5 Å². The Hall–Kier alpha value is -1.33. The first-order valence-electron chi connectivity index (χ1n) is 5.30. The highest BCUT2D eigenvalue weighted by atomic mass is 32.1. The van der Waals surface area contributed by atoms with Gasteiger partial charge in [0, 0.05) is 22.5 Å². The summed E-state index contributed by atoms with van der Waals surface area (Å²) in [7, 11) is 0. The molecule has 0 radical (unpaired) electrons. The molecule has 0 amide bonds. The van der Waals surface area contributed by atoms with E-state index in [2.05, 4.69) is 23.3 Å². The summed E-state index contributed by atoms with van der Waals surface area (Å²) in [6, 6.07) is 5.87. The van der Waals surface area contributed by atoms with Gasteiger partial charge in [-0.15, -0.1) is 22.7 Å². The topological polar surface area (TPSA) is 40.5 Å². The van der Waals surface area contributed by atoms with E-state index in [9.17, 15) is 4.79 Å². The predicted octanol–water partition coefficient (Wildman–Crippen LogP) is 3.53. The van der Waals surface area contributed by atoms with Crippen LogP contribution in [0.4, 0.5) is 5.69 Å². The molecule has 0 aliphatic rings. The summed E-state index contributed by atoms with van der Waals surface area (Å²) in [5.74, 6) is -0.853. The standard InChI is InChI=1S/C12H13NO2S2/c1-2-13(7-10-4-3-5-16-10)9-6-11(12(14)15)17-8-9/h3-6,8H,2,7H2,1H3,(H,14,15). The molecule has 0 aliphatic carbocycles. The van der Waals surface area contributed by atoms with Crippen molar-refractivity contribution in [1.29, 1.82) is 0 Å². The average Bonchev–Trinajstić information content (AvgIpc) is 2.96. The van der Waals surface area contributed by atoms with Gasteiger partial charge in [-0.05, 0) is 24.4 Å². The predicted molar refractivity (Wildman–Crippen MR) is 72.3 cm³/mol. The molecule has 0 saturated heterocycles. The molecular formula is C12H13NO2S2. The smallest absolute Gasteiger partial charge is 0.345 e. The Morgan fingerprint density at radius 1 is 1.47 bits per heavy atom. The number of carbonyl (C=O) groups is 1. The van der Waals surface area contributed by atoms with Gasteiger partial charge in [0.15, 0.2) is 0 Å². The zero-order valence-electron chi connectivity index (χ0n) is 9.42. The third-order valence-electron chi connectivity index (χ3n) is 2.47. The Balaban J connectivity index is 2.14. The maximum atomic E-state index is 10.8. The minimum Gasteiger partial charge on any atom is -0.477 e. The van der Waals surface area contributed by atoms with E-state index >= 15 is 0 Å². The van der Waals surface area contributed by atoms with Crippen molar-refractivity contribution >= 4 is 34.3 Å². The molecule has 3 nitrogen and oxygen atoms in total. The lowest BCUT2D eigenvalue weighted by atomic mass is 10.3. The quantitative estimate of drug-likeness (QED) is 0.901. The highest BCUT2D eigenvalue weighted by Crippen LogP contribution is 2.25. The molecule has 2 heterocycles. The lowest BCUT2D eigenvalue weighted by Gasteiger charge is -2.20. The number of anilines is 1. The first-order valence-corrected chi connectivity index (χ1v) is 7.05. The number of hydrogen-bond donors (Lipinski definition) is 1. The Bertz CT molecular complexity index is 490. The van der Waals surface area contributed by atoms with Gasteiger partial charge in [-0.25, -0.2) is 4.79 Å². The largest absolute Gasteiger partial charge is 0.477 e. The summed E-state index contributed by atoms with van der Waals surface area (Å²) in [5, 5.41) is 12.9. The van der Waals surface area contributed by atoms with E-state index in [1.54, 1.807) is 17.4 Å². The molecule has 0 bridgehead atoms. The zero-order chi connectivity index (χ0) is 12.3. The molecular weight excluding hydrogens is 254 g/mol. The Morgan fingerprint density at radius 2 is 2.29 bits per heavy atom. The van der Waals surface area contributed by atoms with Crippen LogP contribution in [0.25, 0.3) is 0 Å². The molecule has 0 aliphatic heterocycles. The molecule has 2 aromatic heterocycles. The van der Waals surface area contributed by atoms with Crippen molar-refractivity contribution < 1.29 is 9.90 Å². The van der Waals surface area contributed by atoms with Crippen LogP contribution in [0, 0.1) is 0 Å². The molecule has 2 aromatic rings. The summed E-state index contributed by atoms with van der Waals surface area (Å²) < 4.78 is 0. The van der Waals surface area contributed by atoms with Crippen LogP contribution in [0.3, 0.4) is 0 Å². The minimum atomic E-state index is -0.853. The maximum Gasteiger partial charge on any atom is 0.345 e. The third-order valence-corrected chi connectivity index (χ3v) is 4.24. The lowest BCUT2D eigenvalue weighted by molar-refractivity contribution is 0.0702. The molecule has 17 heavy (non-hydrogen) atoms. The fraction of sp³-hybridized carbons (Fsp3) is 0.250. The van der Waals surface area contributed by atoms with Gasteiger partial charge in [-0.1, -0.05) is 6.07 Å². The summed E-state index contributed by atoms with van der Waals surface area (Å²) in [6.07, 6.45) is 0. The van der Waals surface area contributed by atoms with E-state index in [4.69, 9.17) is 5.11 Å². The van der Waals surface area contributed by atoms with Gasteiger partial charge >= 0.3 is 5.97 Å². The van der Waals surface area contributed by atoms with Crippen LogP contribution in [0.2, 0.25) is 0 Å². The molecule has 0 spiro atoms. The Labute approximate surface area is 108 Å². The Kier molecular flexibility index (Phi) is 3.81. The van der Waals surface area contributed by atoms with Gasteiger partial charge < -0.3 is 10.0 Å². The first-order chi connectivity index (χ1) is 8.20. The van der Waals surface area contributed by atoms with E-state index < -0.39 is 5.97 Å². The van der Waals surface area contributed by atoms with Gasteiger partial charge in [0.25, 0.3) is 0 Å². The molecule has 0 aromatic carbocycles. The summed E-state index contributed by atoms with van der Waals surface area (Å²) in [5.41, 5.74) is 0.989. The lowest BCUT2D eigenvalue weighted by Crippen LogP contribution is -2.20. The second-order valence-electron chi connectivity index (χ2n) is 3.57. The molecule has 90 valence electrons. The Morgan fingerprint density at radius 3 is 2.82 bits per heavy atom. The highest BCUT2D eigenvalue weighted by Gasteiger charge is 2.11. The number of thiophene rings is 2. The van der Waals surface area contributed by atoms with Crippen molar-refractivity contribution in [1.82, 2.24) is 0 Å². The van der Waals surface area contributed by atoms with Crippen LogP contribution in [0.5, 0.6) is 0 Å². The first kappa shape index (κ1) is 12.1. The maximum absolute atomic E-state index is 10.8. The van der Waals surface area contributed by atoms with Gasteiger partial charge in [0.2, 0.25) is 0 Å². The summed E-state index contributed by atoms with van der Waals surface area (Å²) in [4.78, 5) is 14.7. The summed E-state index contributed by atoms with van der Waals surface area (Å²) in [6.45, 7) is 3.78. The van der Waals surface area contributed by atoms with Crippen molar-refractivity contribution in [2.24, 2.45) is 0 Å². The van der Waals surface area contributed by atoms with Crippen LogP contribution in [0.15, 0.2) is 29.0 Å². The van der Waals surface area contributed by atoms with Gasteiger partial charge in [-0.2, -0.15) is 0 Å². The number of carboxylic acid groups (broad SMARTS) is 1. The van der Waals surface area contributed by atoms with Crippen molar-refractivity contribution in [3.8, 4) is 0 Å². The van der Waals surface area contributed by atoms with E-state index in [0.29, 0.717) is 4.88 Å². The number of hydrogen-bond acceptors (Lipinski definition) is 4. The molecule has 0 unspecified atom stereocenters. The number of carboxylic acids is 1. The zero-order valence-corrected chi connectivity index (χ0v) is 11.1. The molecule has 2 rings (SSSR count). The molecule has 5 heteroatoms.